The standard InChI is InChI=1S/C13H13N3O2/c14-12-8-15-7-6-11(12)13(17)16-18-9-10-4-2-1-3-5-10/h1-8H,9,14H2,(H,16,17). The number of aromatic nitrogens is 1. The molecule has 0 aliphatic carbocycles. The fourth-order valence-electron chi connectivity index (χ4n) is 1.43. The van der Waals surface area contributed by atoms with Crippen molar-refractivity contribution >= 4 is 11.6 Å². The lowest BCUT2D eigenvalue weighted by molar-refractivity contribution is 0.0234. The van der Waals surface area contributed by atoms with Gasteiger partial charge in [0.2, 0.25) is 0 Å². The number of rotatable bonds is 4. The summed E-state index contributed by atoms with van der Waals surface area (Å²) in [7, 11) is 0. The lowest BCUT2D eigenvalue weighted by Crippen LogP contribution is -2.24. The Hall–Kier alpha value is -2.40. The Kier molecular flexibility index (Phi) is 3.88. The normalized spacial score (nSPS) is 10.0. The summed E-state index contributed by atoms with van der Waals surface area (Å²) in [5.74, 6) is -0.383. The van der Waals surface area contributed by atoms with Crippen molar-refractivity contribution in [2.24, 2.45) is 0 Å². The van der Waals surface area contributed by atoms with E-state index in [4.69, 9.17) is 10.6 Å². The summed E-state index contributed by atoms with van der Waals surface area (Å²) < 4.78 is 0. The third-order valence-corrected chi connectivity index (χ3v) is 2.34. The van der Waals surface area contributed by atoms with Crippen LogP contribution in [0.3, 0.4) is 0 Å². The van der Waals surface area contributed by atoms with Gasteiger partial charge in [-0.2, -0.15) is 0 Å². The lowest BCUT2D eigenvalue weighted by Gasteiger charge is -2.07. The highest BCUT2D eigenvalue weighted by Crippen LogP contribution is 2.08. The van der Waals surface area contributed by atoms with Gasteiger partial charge < -0.3 is 5.73 Å². The second-order valence-corrected chi connectivity index (χ2v) is 3.67. The first kappa shape index (κ1) is 12.1. The highest BCUT2D eigenvalue weighted by molar-refractivity contribution is 5.98. The Morgan fingerprint density at radius 2 is 2.06 bits per heavy atom. The second kappa shape index (κ2) is 5.79. The number of hydrogen-bond acceptors (Lipinski definition) is 4. The summed E-state index contributed by atoms with van der Waals surface area (Å²) in [6.45, 7) is 0.303. The van der Waals surface area contributed by atoms with E-state index < -0.39 is 0 Å². The Morgan fingerprint density at radius 3 is 2.78 bits per heavy atom. The molecule has 1 aromatic heterocycles. The molecule has 2 rings (SSSR count). The third kappa shape index (κ3) is 3.05. The highest BCUT2D eigenvalue weighted by Gasteiger charge is 2.08. The molecule has 0 bridgehead atoms. The molecule has 1 aromatic carbocycles. The topological polar surface area (TPSA) is 77.2 Å². The molecule has 0 saturated carbocycles. The number of amides is 1. The van der Waals surface area contributed by atoms with Crippen LogP contribution in [0.5, 0.6) is 0 Å². The van der Waals surface area contributed by atoms with Crippen LogP contribution in [0.2, 0.25) is 0 Å². The molecule has 92 valence electrons. The van der Waals surface area contributed by atoms with Crippen molar-refractivity contribution in [2.75, 3.05) is 5.73 Å². The Balaban J connectivity index is 1.88. The molecule has 2 aromatic rings. The van der Waals surface area contributed by atoms with Gasteiger partial charge in [-0.1, -0.05) is 30.3 Å². The van der Waals surface area contributed by atoms with Crippen LogP contribution in [0.4, 0.5) is 5.69 Å². The van der Waals surface area contributed by atoms with Crippen LogP contribution in [-0.4, -0.2) is 10.9 Å². The zero-order valence-corrected chi connectivity index (χ0v) is 9.67. The van der Waals surface area contributed by atoms with Gasteiger partial charge in [-0.05, 0) is 11.6 Å². The number of anilines is 1. The second-order valence-electron chi connectivity index (χ2n) is 3.67. The van der Waals surface area contributed by atoms with Crippen molar-refractivity contribution in [3.05, 3.63) is 59.9 Å². The van der Waals surface area contributed by atoms with E-state index in [0.717, 1.165) is 5.56 Å². The van der Waals surface area contributed by atoms with Gasteiger partial charge in [0.25, 0.3) is 5.91 Å². The van der Waals surface area contributed by atoms with Gasteiger partial charge in [0.1, 0.15) is 0 Å². The van der Waals surface area contributed by atoms with Crippen LogP contribution in [0, 0.1) is 0 Å². The molecule has 0 spiro atoms. The van der Waals surface area contributed by atoms with Crippen LogP contribution in [0.1, 0.15) is 15.9 Å². The monoisotopic (exact) mass is 243 g/mol. The van der Waals surface area contributed by atoms with Crippen molar-refractivity contribution in [3.63, 3.8) is 0 Å². The smallest absolute Gasteiger partial charge is 0.277 e. The van der Waals surface area contributed by atoms with E-state index >= 15 is 0 Å². The summed E-state index contributed by atoms with van der Waals surface area (Å²) in [5.41, 5.74) is 9.60. The van der Waals surface area contributed by atoms with E-state index in [2.05, 4.69) is 10.5 Å². The minimum Gasteiger partial charge on any atom is -0.397 e. The largest absolute Gasteiger partial charge is 0.397 e. The van der Waals surface area contributed by atoms with Gasteiger partial charge in [0.05, 0.1) is 24.1 Å². The van der Waals surface area contributed by atoms with Crippen molar-refractivity contribution in [1.29, 1.82) is 0 Å². The van der Waals surface area contributed by atoms with Crippen LogP contribution in [0.15, 0.2) is 48.8 Å². The zero-order valence-electron chi connectivity index (χ0n) is 9.67. The maximum Gasteiger partial charge on any atom is 0.277 e. The number of carbonyl (C=O) groups excluding carboxylic acids is 1. The van der Waals surface area contributed by atoms with E-state index in [1.807, 2.05) is 30.3 Å². The molecule has 1 heterocycles. The van der Waals surface area contributed by atoms with Crippen molar-refractivity contribution < 1.29 is 9.63 Å². The molecule has 0 radical (unpaired) electrons. The molecular formula is C13H13N3O2. The molecule has 5 heteroatoms. The maximum absolute atomic E-state index is 11.7. The average Bonchev–Trinajstić information content (AvgIpc) is 2.40. The molecule has 5 nitrogen and oxygen atoms in total. The van der Waals surface area contributed by atoms with Gasteiger partial charge in [-0.25, -0.2) is 5.48 Å². The first-order valence-electron chi connectivity index (χ1n) is 5.43. The van der Waals surface area contributed by atoms with Crippen molar-refractivity contribution in [2.45, 2.75) is 6.61 Å². The summed E-state index contributed by atoms with van der Waals surface area (Å²) >= 11 is 0. The molecule has 0 saturated heterocycles. The predicted octanol–water partition coefficient (Wildman–Crippen LogP) is 1.53. The molecule has 0 unspecified atom stereocenters. The van der Waals surface area contributed by atoms with E-state index in [9.17, 15) is 4.79 Å². The van der Waals surface area contributed by atoms with E-state index in [1.54, 1.807) is 0 Å². The SMILES string of the molecule is Nc1cnccc1C(=O)NOCc1ccccc1. The molecule has 0 atom stereocenters. The fraction of sp³-hybridized carbons (Fsp3) is 0.0769. The maximum atomic E-state index is 11.7. The summed E-state index contributed by atoms with van der Waals surface area (Å²) in [6, 6.07) is 11.1. The zero-order chi connectivity index (χ0) is 12.8. The Labute approximate surface area is 105 Å². The average molecular weight is 243 g/mol. The van der Waals surface area contributed by atoms with Gasteiger partial charge in [0.15, 0.2) is 0 Å². The molecule has 18 heavy (non-hydrogen) atoms. The molecule has 1 amide bonds. The Morgan fingerprint density at radius 1 is 1.28 bits per heavy atom. The lowest BCUT2D eigenvalue weighted by atomic mass is 10.2. The fourth-order valence-corrected chi connectivity index (χ4v) is 1.43. The van der Waals surface area contributed by atoms with E-state index in [1.165, 1.54) is 18.5 Å². The first-order valence-corrected chi connectivity index (χ1v) is 5.43. The molecule has 0 aliphatic rings. The summed E-state index contributed by atoms with van der Waals surface area (Å²) in [4.78, 5) is 20.6. The number of hydroxylamine groups is 1. The van der Waals surface area contributed by atoms with Gasteiger partial charge in [0, 0.05) is 6.20 Å². The quantitative estimate of drug-likeness (QED) is 0.798. The van der Waals surface area contributed by atoms with Crippen LogP contribution in [-0.2, 0) is 11.4 Å². The molecular weight excluding hydrogens is 230 g/mol. The van der Waals surface area contributed by atoms with E-state index in [-0.39, 0.29) is 5.91 Å². The van der Waals surface area contributed by atoms with Gasteiger partial charge in [-0.15, -0.1) is 0 Å². The number of pyridine rings is 1. The minimum absolute atomic E-state index is 0.303. The van der Waals surface area contributed by atoms with Gasteiger partial charge in [-0.3, -0.25) is 14.6 Å². The number of nitrogens with zero attached hydrogens (tertiary/aromatic N) is 1. The highest BCUT2D eigenvalue weighted by atomic mass is 16.6. The predicted molar refractivity (Wildman–Crippen MR) is 67.3 cm³/mol. The van der Waals surface area contributed by atoms with E-state index in [0.29, 0.717) is 17.9 Å². The number of hydrogen-bond donors (Lipinski definition) is 2. The third-order valence-electron chi connectivity index (χ3n) is 2.34. The van der Waals surface area contributed by atoms with Gasteiger partial charge >= 0.3 is 0 Å². The number of nitrogen functional groups attached to an aromatic ring is 1. The first-order chi connectivity index (χ1) is 8.77. The minimum atomic E-state index is -0.383. The van der Waals surface area contributed by atoms with Crippen molar-refractivity contribution in [1.82, 2.24) is 10.5 Å². The molecule has 0 fully saturated rings. The summed E-state index contributed by atoms with van der Waals surface area (Å²) in [6.07, 6.45) is 2.93. The number of nitrogens with one attached hydrogen (secondary N) is 1. The van der Waals surface area contributed by atoms with Crippen LogP contribution >= 0.6 is 0 Å². The molecule has 0 aliphatic heterocycles. The number of nitrogens with two attached hydrogens (primary N) is 1. The Bertz CT molecular complexity index is 529. The van der Waals surface area contributed by atoms with Crippen molar-refractivity contribution in [3.8, 4) is 0 Å². The number of benzene rings is 1. The molecule has 3 N–H and O–H groups in total. The van der Waals surface area contributed by atoms with Crippen LogP contribution in [0.25, 0.3) is 0 Å². The number of carbonyl (C=O) groups is 1. The van der Waals surface area contributed by atoms with Crippen LogP contribution < -0.4 is 11.2 Å². The summed E-state index contributed by atoms with van der Waals surface area (Å²) in [5, 5.41) is 0.